The first-order valence-electron chi connectivity index (χ1n) is 9.29. The summed E-state index contributed by atoms with van der Waals surface area (Å²) in [7, 11) is 1.41. The normalized spacial score (nSPS) is 12.7. The number of rotatable bonds is 7. The third-order valence-electron chi connectivity index (χ3n) is 4.86. The number of halogens is 3. The fraction of sp³-hybridized carbons (Fsp3) is 0.333. The zero-order chi connectivity index (χ0) is 22.1. The predicted molar refractivity (Wildman–Crippen MR) is 104 cm³/mol. The monoisotopic (exact) mass is 422 g/mol. The number of carboxylic acid groups (broad SMARTS) is 1. The highest BCUT2D eigenvalue weighted by Gasteiger charge is 2.31. The molecule has 160 valence electrons. The third kappa shape index (κ3) is 4.50. The van der Waals surface area contributed by atoms with E-state index in [1.807, 2.05) is 18.4 Å². The van der Waals surface area contributed by atoms with E-state index in [2.05, 4.69) is 9.72 Å². The Morgan fingerprint density at radius 3 is 2.43 bits per heavy atom. The molecule has 9 heteroatoms. The lowest BCUT2D eigenvalue weighted by atomic mass is 10.1. The van der Waals surface area contributed by atoms with Gasteiger partial charge in [0, 0.05) is 18.5 Å². The maximum Gasteiger partial charge on any atom is 0.573 e. The Hall–Kier alpha value is -3.23. The second-order valence-electron chi connectivity index (χ2n) is 6.87. The number of ether oxygens (including phenoxy) is 2. The number of imidazole rings is 1. The summed E-state index contributed by atoms with van der Waals surface area (Å²) in [6.07, 6.45) is -3.58. The maximum atomic E-state index is 12.4. The van der Waals surface area contributed by atoms with Crippen molar-refractivity contribution in [2.75, 3.05) is 7.11 Å². The zero-order valence-electron chi connectivity index (χ0n) is 16.7. The Kier molecular flexibility index (Phi) is 5.91. The fourth-order valence-corrected chi connectivity index (χ4v) is 3.30. The van der Waals surface area contributed by atoms with Crippen molar-refractivity contribution in [3.05, 3.63) is 53.3 Å². The lowest BCUT2D eigenvalue weighted by Crippen LogP contribution is -2.17. The summed E-state index contributed by atoms with van der Waals surface area (Å²) < 4.78 is 48.2. The highest BCUT2D eigenvalue weighted by atomic mass is 19.4. The Labute approximate surface area is 170 Å². The number of benzene rings is 2. The molecule has 0 aliphatic rings. The molecule has 0 fully saturated rings. The number of aromatic carboxylic acids is 1. The Bertz CT molecular complexity index is 1060. The summed E-state index contributed by atoms with van der Waals surface area (Å²) in [5, 5.41) is 9.42. The molecule has 6 nitrogen and oxygen atoms in total. The van der Waals surface area contributed by atoms with Crippen molar-refractivity contribution in [3.63, 3.8) is 0 Å². The number of fused-ring (bicyclic) bond motifs is 1. The highest BCUT2D eigenvalue weighted by molar-refractivity contribution is 5.96. The standard InChI is InChI=1S/C21H21F3N2O4/c1-4-12(2)26-17-11-18(29-3)15(20(27)28)10-16(17)25-19(26)9-13-5-7-14(8-6-13)30-21(22,23)24/h5-8,10-12H,4,9H2,1-3H3,(H,27,28). The van der Waals surface area contributed by atoms with Gasteiger partial charge < -0.3 is 19.1 Å². The molecule has 1 unspecified atom stereocenters. The quantitative estimate of drug-likeness (QED) is 0.566. The molecule has 1 heterocycles. The molecule has 0 saturated heterocycles. The number of carbonyl (C=O) groups is 1. The van der Waals surface area contributed by atoms with Gasteiger partial charge in [-0.1, -0.05) is 19.1 Å². The molecule has 0 radical (unpaired) electrons. The van der Waals surface area contributed by atoms with Crippen LogP contribution < -0.4 is 9.47 Å². The van der Waals surface area contributed by atoms with E-state index in [1.165, 1.54) is 25.3 Å². The number of carboxylic acids is 1. The number of alkyl halides is 3. The maximum absolute atomic E-state index is 12.4. The summed E-state index contributed by atoms with van der Waals surface area (Å²) in [6.45, 7) is 4.04. The van der Waals surface area contributed by atoms with Gasteiger partial charge in [0.1, 0.15) is 22.9 Å². The average Bonchev–Trinajstić information content (AvgIpc) is 3.03. The second-order valence-corrected chi connectivity index (χ2v) is 6.87. The second kappa shape index (κ2) is 8.25. The average molecular weight is 422 g/mol. The van der Waals surface area contributed by atoms with Gasteiger partial charge in [-0.15, -0.1) is 13.2 Å². The lowest BCUT2D eigenvalue weighted by Gasteiger charge is -2.17. The number of hydrogen-bond donors (Lipinski definition) is 1. The van der Waals surface area contributed by atoms with Crippen molar-refractivity contribution in [1.29, 1.82) is 0 Å². The minimum Gasteiger partial charge on any atom is -0.496 e. The van der Waals surface area contributed by atoms with E-state index in [-0.39, 0.29) is 23.1 Å². The van der Waals surface area contributed by atoms with Crippen LogP contribution in [0.5, 0.6) is 11.5 Å². The molecule has 1 N–H and O–H groups in total. The van der Waals surface area contributed by atoms with Crippen LogP contribution in [0.15, 0.2) is 36.4 Å². The summed E-state index contributed by atoms with van der Waals surface area (Å²) in [5.74, 6) is -0.501. The van der Waals surface area contributed by atoms with Crippen molar-refractivity contribution in [1.82, 2.24) is 9.55 Å². The van der Waals surface area contributed by atoms with Crippen molar-refractivity contribution in [2.45, 2.75) is 39.1 Å². The Morgan fingerprint density at radius 2 is 1.90 bits per heavy atom. The van der Waals surface area contributed by atoms with Crippen LogP contribution in [0.4, 0.5) is 13.2 Å². The molecular weight excluding hydrogens is 401 g/mol. The van der Waals surface area contributed by atoms with Gasteiger partial charge in [0.05, 0.1) is 18.1 Å². The van der Waals surface area contributed by atoms with Crippen molar-refractivity contribution in [3.8, 4) is 11.5 Å². The van der Waals surface area contributed by atoms with E-state index in [9.17, 15) is 23.1 Å². The van der Waals surface area contributed by atoms with E-state index in [0.29, 0.717) is 17.8 Å². The summed E-state index contributed by atoms with van der Waals surface area (Å²) in [5.41, 5.74) is 2.01. The molecule has 30 heavy (non-hydrogen) atoms. The number of aromatic nitrogens is 2. The van der Waals surface area contributed by atoms with Crippen molar-refractivity contribution < 1.29 is 32.5 Å². The first kappa shape index (κ1) is 21.5. The van der Waals surface area contributed by atoms with Crippen LogP contribution in [0.2, 0.25) is 0 Å². The fourth-order valence-electron chi connectivity index (χ4n) is 3.30. The van der Waals surface area contributed by atoms with Crippen molar-refractivity contribution >= 4 is 17.0 Å². The molecule has 0 aliphatic heterocycles. The molecule has 1 atom stereocenters. The van der Waals surface area contributed by atoms with Crippen molar-refractivity contribution in [2.24, 2.45) is 0 Å². The van der Waals surface area contributed by atoms with E-state index < -0.39 is 12.3 Å². The van der Waals surface area contributed by atoms with Gasteiger partial charge in [-0.25, -0.2) is 9.78 Å². The van der Waals surface area contributed by atoms with E-state index in [0.717, 1.165) is 17.5 Å². The van der Waals surface area contributed by atoms with Crippen LogP contribution in [-0.4, -0.2) is 34.1 Å². The third-order valence-corrected chi connectivity index (χ3v) is 4.86. The number of methoxy groups -OCH3 is 1. The number of nitrogens with zero attached hydrogens (tertiary/aromatic N) is 2. The van der Waals surface area contributed by atoms with Gasteiger partial charge in [-0.3, -0.25) is 0 Å². The SMILES string of the molecule is CCC(C)n1c(Cc2ccc(OC(F)(F)F)cc2)nc2cc(C(=O)O)c(OC)cc21. The van der Waals surface area contributed by atoms with Crippen LogP contribution in [0.1, 0.15) is 48.1 Å². The highest BCUT2D eigenvalue weighted by Crippen LogP contribution is 2.31. The smallest absolute Gasteiger partial charge is 0.496 e. The molecular formula is C21H21F3N2O4. The van der Waals surface area contributed by atoms with Gasteiger partial charge in [0.15, 0.2) is 0 Å². The zero-order valence-corrected chi connectivity index (χ0v) is 16.7. The van der Waals surface area contributed by atoms with Gasteiger partial charge in [0.2, 0.25) is 0 Å². The molecule has 0 saturated carbocycles. The van der Waals surface area contributed by atoms with Crippen LogP contribution in [-0.2, 0) is 6.42 Å². The largest absolute Gasteiger partial charge is 0.573 e. The van der Waals surface area contributed by atoms with Crippen LogP contribution in [0.3, 0.4) is 0 Å². The van der Waals surface area contributed by atoms with Gasteiger partial charge in [-0.05, 0) is 37.1 Å². The molecule has 3 aromatic rings. The molecule has 0 amide bonds. The molecule has 3 rings (SSSR count). The van der Waals surface area contributed by atoms with Crippen LogP contribution in [0.25, 0.3) is 11.0 Å². The first-order valence-corrected chi connectivity index (χ1v) is 9.29. The molecule has 0 spiro atoms. The summed E-state index contributed by atoms with van der Waals surface area (Å²) in [6, 6.07) is 8.80. The first-order chi connectivity index (χ1) is 14.1. The lowest BCUT2D eigenvalue weighted by molar-refractivity contribution is -0.274. The van der Waals surface area contributed by atoms with Gasteiger partial charge in [0.25, 0.3) is 0 Å². The van der Waals surface area contributed by atoms with E-state index in [1.54, 1.807) is 18.2 Å². The summed E-state index contributed by atoms with van der Waals surface area (Å²) >= 11 is 0. The Balaban J connectivity index is 2.03. The van der Waals surface area contributed by atoms with Gasteiger partial charge >= 0.3 is 12.3 Å². The van der Waals surface area contributed by atoms with Crippen LogP contribution in [0, 0.1) is 0 Å². The van der Waals surface area contributed by atoms with Gasteiger partial charge in [-0.2, -0.15) is 0 Å². The molecule has 0 aliphatic carbocycles. The minimum absolute atomic E-state index is 0.0130. The van der Waals surface area contributed by atoms with E-state index in [4.69, 9.17) is 4.74 Å². The molecule has 0 bridgehead atoms. The number of hydrogen-bond acceptors (Lipinski definition) is 4. The van der Waals surface area contributed by atoms with Crippen LogP contribution >= 0.6 is 0 Å². The summed E-state index contributed by atoms with van der Waals surface area (Å²) in [4.78, 5) is 16.1. The topological polar surface area (TPSA) is 73.6 Å². The molecule has 1 aromatic heterocycles. The predicted octanol–water partition coefficient (Wildman–Crippen LogP) is 5.20. The Morgan fingerprint density at radius 1 is 1.23 bits per heavy atom. The van der Waals surface area contributed by atoms with E-state index >= 15 is 0 Å². The molecule has 2 aromatic carbocycles. The minimum atomic E-state index is -4.74.